The standard InChI is InChI=1S/C16H30O3/c1-5-9-11-13(7-3)15(17)19-16(18)14(8-4)12-10-6-2/h13-14H,5-12H2,1-4H3/t13-,14+. The van der Waals surface area contributed by atoms with Crippen molar-refractivity contribution in [2.45, 2.75) is 79.1 Å². The van der Waals surface area contributed by atoms with Crippen molar-refractivity contribution in [3.8, 4) is 0 Å². The summed E-state index contributed by atoms with van der Waals surface area (Å²) in [5.41, 5.74) is 0. The summed E-state index contributed by atoms with van der Waals surface area (Å²) >= 11 is 0. The molecule has 0 aliphatic heterocycles. The quantitative estimate of drug-likeness (QED) is 0.434. The average Bonchev–Trinajstić information content (AvgIpc) is 2.40. The van der Waals surface area contributed by atoms with Crippen molar-refractivity contribution in [3.05, 3.63) is 0 Å². The molecule has 0 radical (unpaired) electrons. The van der Waals surface area contributed by atoms with Gasteiger partial charge in [-0.3, -0.25) is 9.59 Å². The van der Waals surface area contributed by atoms with E-state index in [1.807, 2.05) is 13.8 Å². The van der Waals surface area contributed by atoms with Crippen molar-refractivity contribution in [2.75, 3.05) is 0 Å². The fraction of sp³-hybridized carbons (Fsp3) is 0.875. The van der Waals surface area contributed by atoms with Gasteiger partial charge in [-0.05, 0) is 25.7 Å². The van der Waals surface area contributed by atoms with E-state index in [1.54, 1.807) is 0 Å². The molecule has 0 amide bonds. The summed E-state index contributed by atoms with van der Waals surface area (Å²) in [6.07, 6.45) is 7.28. The van der Waals surface area contributed by atoms with E-state index in [0.717, 1.165) is 51.4 Å². The Bertz CT molecular complexity index is 235. The zero-order chi connectivity index (χ0) is 14.7. The summed E-state index contributed by atoms with van der Waals surface area (Å²) in [6.45, 7) is 8.14. The Balaban J connectivity index is 4.30. The largest absolute Gasteiger partial charge is 0.393 e. The van der Waals surface area contributed by atoms with Gasteiger partial charge in [-0.1, -0.05) is 53.4 Å². The Hall–Kier alpha value is -0.860. The lowest BCUT2D eigenvalue weighted by Crippen LogP contribution is -2.25. The smallest absolute Gasteiger partial charge is 0.316 e. The van der Waals surface area contributed by atoms with Crippen LogP contribution in [-0.2, 0) is 14.3 Å². The molecule has 0 aromatic heterocycles. The van der Waals surface area contributed by atoms with Crippen molar-refractivity contribution in [1.82, 2.24) is 0 Å². The van der Waals surface area contributed by atoms with E-state index in [0.29, 0.717) is 0 Å². The maximum Gasteiger partial charge on any atom is 0.316 e. The van der Waals surface area contributed by atoms with Gasteiger partial charge in [0.15, 0.2) is 0 Å². The Morgan fingerprint density at radius 2 is 1.16 bits per heavy atom. The molecule has 0 saturated heterocycles. The third-order valence-corrected chi connectivity index (χ3v) is 3.67. The van der Waals surface area contributed by atoms with Crippen LogP contribution in [0.25, 0.3) is 0 Å². The fourth-order valence-electron chi connectivity index (χ4n) is 2.14. The number of rotatable bonds is 10. The number of esters is 2. The average molecular weight is 270 g/mol. The van der Waals surface area contributed by atoms with Crippen LogP contribution in [0.4, 0.5) is 0 Å². The predicted molar refractivity (Wildman–Crippen MR) is 77.7 cm³/mol. The molecule has 0 heterocycles. The van der Waals surface area contributed by atoms with Crippen LogP contribution in [0.5, 0.6) is 0 Å². The zero-order valence-corrected chi connectivity index (χ0v) is 13.0. The first-order chi connectivity index (χ1) is 9.10. The molecule has 0 spiro atoms. The van der Waals surface area contributed by atoms with Gasteiger partial charge < -0.3 is 4.74 Å². The lowest BCUT2D eigenvalue weighted by Gasteiger charge is -2.16. The molecule has 0 aliphatic rings. The Labute approximate surface area is 118 Å². The zero-order valence-electron chi connectivity index (χ0n) is 13.0. The monoisotopic (exact) mass is 270 g/mol. The molecule has 0 bridgehead atoms. The normalized spacial score (nSPS) is 13.9. The van der Waals surface area contributed by atoms with Gasteiger partial charge in [0, 0.05) is 0 Å². The van der Waals surface area contributed by atoms with Crippen LogP contribution in [0, 0.1) is 11.8 Å². The highest BCUT2D eigenvalue weighted by Gasteiger charge is 2.24. The van der Waals surface area contributed by atoms with E-state index < -0.39 is 0 Å². The van der Waals surface area contributed by atoms with Gasteiger partial charge in [0.05, 0.1) is 11.8 Å². The third kappa shape index (κ3) is 7.34. The van der Waals surface area contributed by atoms with Crippen LogP contribution in [0.3, 0.4) is 0 Å². The lowest BCUT2D eigenvalue weighted by molar-refractivity contribution is -0.166. The summed E-state index contributed by atoms with van der Waals surface area (Å²) in [7, 11) is 0. The van der Waals surface area contributed by atoms with E-state index >= 15 is 0 Å². The molecule has 0 saturated carbocycles. The van der Waals surface area contributed by atoms with Gasteiger partial charge in [-0.25, -0.2) is 0 Å². The van der Waals surface area contributed by atoms with Gasteiger partial charge in [-0.2, -0.15) is 0 Å². The first kappa shape index (κ1) is 18.1. The number of unbranched alkanes of at least 4 members (excludes halogenated alkanes) is 2. The molecular formula is C16H30O3. The molecule has 0 aliphatic carbocycles. The second-order valence-corrected chi connectivity index (χ2v) is 5.23. The highest BCUT2D eigenvalue weighted by Crippen LogP contribution is 2.18. The Morgan fingerprint density at radius 1 is 0.789 bits per heavy atom. The van der Waals surface area contributed by atoms with Gasteiger partial charge in [0.25, 0.3) is 0 Å². The molecule has 0 rings (SSSR count). The Morgan fingerprint density at radius 3 is 1.42 bits per heavy atom. The van der Waals surface area contributed by atoms with Crippen molar-refractivity contribution in [2.24, 2.45) is 11.8 Å². The van der Waals surface area contributed by atoms with E-state index in [1.165, 1.54) is 0 Å². The van der Waals surface area contributed by atoms with E-state index in [2.05, 4.69) is 13.8 Å². The first-order valence-electron chi connectivity index (χ1n) is 7.86. The highest BCUT2D eigenvalue weighted by molar-refractivity contribution is 5.87. The van der Waals surface area contributed by atoms with Crippen molar-refractivity contribution in [1.29, 1.82) is 0 Å². The van der Waals surface area contributed by atoms with Crippen LogP contribution in [0.15, 0.2) is 0 Å². The highest BCUT2D eigenvalue weighted by atomic mass is 16.6. The van der Waals surface area contributed by atoms with Gasteiger partial charge >= 0.3 is 11.9 Å². The molecule has 0 unspecified atom stereocenters. The predicted octanol–water partition coefficient (Wildman–Crippen LogP) is 4.49. The summed E-state index contributed by atoms with van der Waals surface area (Å²) in [5.74, 6) is -0.882. The van der Waals surface area contributed by atoms with Crippen LogP contribution in [0.2, 0.25) is 0 Å². The molecule has 3 heteroatoms. The maximum absolute atomic E-state index is 11.9. The molecule has 3 nitrogen and oxygen atoms in total. The summed E-state index contributed by atoms with van der Waals surface area (Å²) in [4.78, 5) is 23.9. The molecule has 112 valence electrons. The molecule has 19 heavy (non-hydrogen) atoms. The molecular weight excluding hydrogens is 240 g/mol. The summed E-state index contributed by atoms with van der Waals surface area (Å²) in [5, 5.41) is 0. The second kappa shape index (κ2) is 11.0. The SMILES string of the molecule is CCCC[C@@H](CC)C(=O)OC(=O)[C@@H](CC)CCCC. The minimum absolute atomic E-state index is 0.118. The van der Waals surface area contributed by atoms with E-state index in [4.69, 9.17) is 4.74 Å². The van der Waals surface area contributed by atoms with E-state index in [9.17, 15) is 9.59 Å². The van der Waals surface area contributed by atoms with Crippen LogP contribution in [0.1, 0.15) is 79.1 Å². The fourth-order valence-corrected chi connectivity index (χ4v) is 2.14. The topological polar surface area (TPSA) is 43.4 Å². The maximum atomic E-state index is 11.9. The van der Waals surface area contributed by atoms with Crippen LogP contribution >= 0.6 is 0 Å². The number of ether oxygens (including phenoxy) is 1. The number of hydrogen-bond acceptors (Lipinski definition) is 3. The van der Waals surface area contributed by atoms with Crippen LogP contribution < -0.4 is 0 Å². The number of carbonyl (C=O) groups excluding carboxylic acids is 2. The number of carbonyl (C=O) groups is 2. The van der Waals surface area contributed by atoms with E-state index in [-0.39, 0.29) is 23.8 Å². The molecule has 0 aromatic carbocycles. The minimum atomic E-state index is -0.323. The summed E-state index contributed by atoms with van der Waals surface area (Å²) < 4.78 is 5.07. The minimum Gasteiger partial charge on any atom is -0.393 e. The van der Waals surface area contributed by atoms with Gasteiger partial charge in [-0.15, -0.1) is 0 Å². The third-order valence-electron chi connectivity index (χ3n) is 3.67. The Kier molecular flexibility index (Phi) is 10.5. The first-order valence-corrected chi connectivity index (χ1v) is 7.86. The lowest BCUT2D eigenvalue weighted by atomic mass is 9.98. The van der Waals surface area contributed by atoms with Crippen molar-refractivity contribution >= 4 is 11.9 Å². The molecule has 0 fully saturated rings. The van der Waals surface area contributed by atoms with Crippen molar-refractivity contribution < 1.29 is 14.3 Å². The molecule has 0 aromatic rings. The van der Waals surface area contributed by atoms with Crippen molar-refractivity contribution in [3.63, 3.8) is 0 Å². The van der Waals surface area contributed by atoms with Gasteiger partial charge in [0.1, 0.15) is 0 Å². The van der Waals surface area contributed by atoms with Gasteiger partial charge in [0.2, 0.25) is 0 Å². The summed E-state index contributed by atoms with van der Waals surface area (Å²) in [6, 6.07) is 0. The second-order valence-electron chi connectivity index (χ2n) is 5.23. The van der Waals surface area contributed by atoms with Crippen LogP contribution in [-0.4, -0.2) is 11.9 Å². The number of hydrogen-bond donors (Lipinski definition) is 0. The molecule has 2 atom stereocenters. The molecule has 0 N–H and O–H groups in total.